The van der Waals surface area contributed by atoms with Crippen LogP contribution in [0, 0.1) is 0 Å². The molecule has 0 aliphatic carbocycles. The van der Waals surface area contributed by atoms with Gasteiger partial charge in [-0.15, -0.1) is 0 Å². The van der Waals surface area contributed by atoms with Gasteiger partial charge in [0, 0.05) is 5.02 Å². The van der Waals surface area contributed by atoms with Crippen LogP contribution >= 0.6 is 11.6 Å². The predicted molar refractivity (Wildman–Crippen MR) is 59.0 cm³/mol. The fourth-order valence-electron chi connectivity index (χ4n) is 0.962. The lowest BCUT2D eigenvalue weighted by atomic mass is 10.3. The topological polar surface area (TPSA) is 64.4 Å². The summed E-state index contributed by atoms with van der Waals surface area (Å²) in [5, 5.41) is 3.26. The molecule has 4 nitrogen and oxygen atoms in total. The molecular formula is C10H13ClN2O2. The van der Waals surface area contributed by atoms with E-state index in [4.69, 9.17) is 22.1 Å². The van der Waals surface area contributed by atoms with Crippen LogP contribution in [0.1, 0.15) is 0 Å². The lowest BCUT2D eigenvalue weighted by Gasteiger charge is -2.06. The maximum absolute atomic E-state index is 10.8. The Morgan fingerprint density at radius 1 is 1.40 bits per heavy atom. The fourth-order valence-corrected chi connectivity index (χ4v) is 1.09. The van der Waals surface area contributed by atoms with Crippen molar-refractivity contribution in [1.82, 2.24) is 5.32 Å². The smallest absolute Gasteiger partial charge is 0.233 e. The maximum Gasteiger partial charge on any atom is 0.233 e. The molecule has 0 fully saturated rings. The van der Waals surface area contributed by atoms with Gasteiger partial charge in [-0.2, -0.15) is 0 Å². The van der Waals surface area contributed by atoms with E-state index in [1.807, 2.05) is 0 Å². The van der Waals surface area contributed by atoms with Crippen LogP contribution < -0.4 is 15.8 Å². The second-order valence-corrected chi connectivity index (χ2v) is 3.29. The van der Waals surface area contributed by atoms with E-state index in [1.165, 1.54) is 0 Å². The van der Waals surface area contributed by atoms with Crippen molar-refractivity contribution in [3.05, 3.63) is 29.3 Å². The van der Waals surface area contributed by atoms with Crippen molar-refractivity contribution in [2.75, 3.05) is 19.7 Å². The van der Waals surface area contributed by atoms with Crippen molar-refractivity contribution in [1.29, 1.82) is 0 Å². The molecule has 1 aromatic rings. The zero-order chi connectivity index (χ0) is 11.1. The summed E-state index contributed by atoms with van der Waals surface area (Å²) in [6.07, 6.45) is 0. The van der Waals surface area contributed by atoms with Gasteiger partial charge in [0.05, 0.1) is 13.1 Å². The van der Waals surface area contributed by atoms with Crippen molar-refractivity contribution >= 4 is 17.5 Å². The summed E-state index contributed by atoms with van der Waals surface area (Å²) in [5.74, 6) is 0.538. The number of halogens is 1. The Kier molecular flexibility index (Phi) is 4.93. The van der Waals surface area contributed by atoms with E-state index in [-0.39, 0.29) is 12.5 Å². The van der Waals surface area contributed by atoms with Gasteiger partial charge >= 0.3 is 0 Å². The average molecular weight is 229 g/mol. The van der Waals surface area contributed by atoms with E-state index < -0.39 is 0 Å². The second kappa shape index (κ2) is 6.27. The molecule has 82 valence electrons. The van der Waals surface area contributed by atoms with Gasteiger partial charge in [0.25, 0.3) is 0 Å². The van der Waals surface area contributed by atoms with Crippen molar-refractivity contribution in [2.45, 2.75) is 0 Å². The van der Waals surface area contributed by atoms with Gasteiger partial charge in [-0.3, -0.25) is 4.79 Å². The number of amides is 1. The first kappa shape index (κ1) is 11.8. The molecule has 0 unspecified atom stereocenters. The Bertz CT molecular complexity index is 314. The first-order valence-corrected chi connectivity index (χ1v) is 4.95. The van der Waals surface area contributed by atoms with Gasteiger partial charge in [0.1, 0.15) is 12.4 Å². The molecule has 0 bridgehead atoms. The van der Waals surface area contributed by atoms with Gasteiger partial charge in [-0.25, -0.2) is 0 Å². The van der Waals surface area contributed by atoms with Crippen molar-refractivity contribution in [3.63, 3.8) is 0 Å². The summed E-state index contributed by atoms with van der Waals surface area (Å²) in [6.45, 7) is 0.854. The monoisotopic (exact) mass is 228 g/mol. The molecule has 0 radical (unpaired) electrons. The molecule has 5 heteroatoms. The molecular weight excluding hydrogens is 216 g/mol. The van der Waals surface area contributed by atoms with Crippen LogP contribution in [0.4, 0.5) is 0 Å². The molecule has 0 atom stereocenters. The summed E-state index contributed by atoms with van der Waals surface area (Å²) < 4.78 is 5.34. The van der Waals surface area contributed by atoms with Crippen molar-refractivity contribution < 1.29 is 9.53 Å². The van der Waals surface area contributed by atoms with E-state index in [0.29, 0.717) is 18.2 Å². The zero-order valence-corrected chi connectivity index (χ0v) is 8.96. The molecule has 0 saturated carbocycles. The number of hydrogen-bond donors (Lipinski definition) is 2. The number of nitrogens with two attached hydrogens (primary N) is 1. The predicted octanol–water partition coefficient (Wildman–Crippen LogP) is 0.794. The van der Waals surface area contributed by atoms with Crippen LogP contribution in [-0.2, 0) is 4.79 Å². The number of hydrogen-bond acceptors (Lipinski definition) is 3. The minimum Gasteiger partial charge on any atom is -0.492 e. The highest BCUT2D eigenvalue weighted by molar-refractivity contribution is 6.30. The number of benzene rings is 1. The lowest BCUT2D eigenvalue weighted by molar-refractivity contribution is -0.119. The molecule has 0 aliphatic rings. The highest BCUT2D eigenvalue weighted by Gasteiger charge is 1.96. The van der Waals surface area contributed by atoms with Crippen LogP contribution in [0.15, 0.2) is 24.3 Å². The highest BCUT2D eigenvalue weighted by Crippen LogP contribution is 2.14. The van der Waals surface area contributed by atoms with Crippen LogP contribution in [0.5, 0.6) is 5.75 Å². The van der Waals surface area contributed by atoms with Gasteiger partial charge < -0.3 is 15.8 Å². The third-order valence-corrected chi connectivity index (χ3v) is 1.94. The molecule has 1 rings (SSSR count). The van der Waals surface area contributed by atoms with E-state index >= 15 is 0 Å². The molecule has 3 N–H and O–H groups in total. The van der Waals surface area contributed by atoms with Crippen molar-refractivity contribution in [3.8, 4) is 5.75 Å². The molecule has 0 heterocycles. The second-order valence-electron chi connectivity index (χ2n) is 2.86. The third kappa shape index (κ3) is 4.67. The molecule has 0 spiro atoms. The van der Waals surface area contributed by atoms with E-state index in [1.54, 1.807) is 24.3 Å². The van der Waals surface area contributed by atoms with Crippen molar-refractivity contribution in [2.24, 2.45) is 5.73 Å². The first-order valence-electron chi connectivity index (χ1n) is 4.57. The molecule has 15 heavy (non-hydrogen) atoms. The maximum atomic E-state index is 10.8. The number of nitrogens with one attached hydrogen (secondary N) is 1. The van der Waals surface area contributed by atoms with Crippen LogP contribution in [0.25, 0.3) is 0 Å². The summed E-state index contributed by atoms with van der Waals surface area (Å²) in [4.78, 5) is 10.8. The third-order valence-electron chi connectivity index (χ3n) is 1.69. The van der Waals surface area contributed by atoms with Gasteiger partial charge in [0.15, 0.2) is 0 Å². The van der Waals surface area contributed by atoms with E-state index in [0.717, 1.165) is 5.75 Å². The summed E-state index contributed by atoms with van der Waals surface area (Å²) in [5.41, 5.74) is 5.11. The largest absolute Gasteiger partial charge is 0.492 e. The van der Waals surface area contributed by atoms with Crippen LogP contribution in [0.2, 0.25) is 5.02 Å². The average Bonchev–Trinajstić information content (AvgIpc) is 2.26. The minimum atomic E-state index is -0.185. The fraction of sp³-hybridized carbons (Fsp3) is 0.300. The lowest BCUT2D eigenvalue weighted by Crippen LogP contribution is -2.33. The normalized spacial score (nSPS) is 9.73. The Morgan fingerprint density at radius 3 is 2.67 bits per heavy atom. The van der Waals surface area contributed by atoms with Gasteiger partial charge in [-0.1, -0.05) is 11.6 Å². The van der Waals surface area contributed by atoms with Gasteiger partial charge in [0.2, 0.25) is 5.91 Å². The number of carbonyl (C=O) groups excluding carboxylic acids is 1. The molecule has 0 aliphatic heterocycles. The molecule has 0 saturated heterocycles. The number of ether oxygens (including phenoxy) is 1. The SMILES string of the molecule is NCC(=O)NCCOc1ccc(Cl)cc1. The Hall–Kier alpha value is -1.26. The summed E-state index contributed by atoms with van der Waals surface area (Å²) in [7, 11) is 0. The summed E-state index contributed by atoms with van der Waals surface area (Å²) in [6, 6.07) is 7.03. The Labute approximate surface area is 93.4 Å². The quantitative estimate of drug-likeness (QED) is 0.733. The minimum absolute atomic E-state index is 0.000937. The summed E-state index contributed by atoms with van der Waals surface area (Å²) >= 11 is 5.71. The van der Waals surface area contributed by atoms with E-state index in [2.05, 4.69) is 5.32 Å². The number of carbonyl (C=O) groups is 1. The standard InChI is InChI=1S/C10H13ClN2O2/c11-8-1-3-9(4-2-8)15-6-5-13-10(14)7-12/h1-4H,5-7,12H2,(H,13,14). The van der Waals surface area contributed by atoms with E-state index in [9.17, 15) is 4.79 Å². The zero-order valence-electron chi connectivity index (χ0n) is 8.20. The van der Waals surface area contributed by atoms with Gasteiger partial charge in [-0.05, 0) is 24.3 Å². The number of rotatable bonds is 5. The first-order chi connectivity index (χ1) is 7.22. The van der Waals surface area contributed by atoms with Crippen LogP contribution in [0.3, 0.4) is 0 Å². The molecule has 1 amide bonds. The molecule has 1 aromatic carbocycles. The Morgan fingerprint density at radius 2 is 2.07 bits per heavy atom. The molecule has 0 aromatic heterocycles. The Balaban J connectivity index is 2.20. The van der Waals surface area contributed by atoms with Crippen LogP contribution in [-0.4, -0.2) is 25.6 Å². The highest BCUT2D eigenvalue weighted by atomic mass is 35.5.